The summed E-state index contributed by atoms with van der Waals surface area (Å²) in [4.78, 5) is 12.6. The molecule has 9 heteroatoms. The van der Waals surface area contributed by atoms with E-state index in [0.29, 0.717) is 32.0 Å². The summed E-state index contributed by atoms with van der Waals surface area (Å²) in [5, 5.41) is 6.87. The summed E-state index contributed by atoms with van der Waals surface area (Å²) in [6, 6.07) is 6.00. The van der Waals surface area contributed by atoms with E-state index in [-0.39, 0.29) is 10.8 Å². The first-order chi connectivity index (χ1) is 12.4. The molecule has 1 aliphatic rings. The van der Waals surface area contributed by atoms with Gasteiger partial charge in [0.1, 0.15) is 6.04 Å². The van der Waals surface area contributed by atoms with Crippen LogP contribution in [0.25, 0.3) is 0 Å². The van der Waals surface area contributed by atoms with Gasteiger partial charge in [0.15, 0.2) is 0 Å². The quantitative estimate of drug-likeness (QED) is 0.849. The first kappa shape index (κ1) is 18.6. The minimum atomic E-state index is -3.62. The number of hydrogen-bond donors (Lipinski definition) is 1. The average Bonchev–Trinajstić information content (AvgIpc) is 3.18. The van der Waals surface area contributed by atoms with E-state index in [9.17, 15) is 13.2 Å². The molecule has 3 rings (SSSR count). The molecule has 1 aliphatic heterocycles. The number of aryl methyl sites for hydroxylation is 1. The Balaban J connectivity index is 1.82. The fourth-order valence-electron chi connectivity index (χ4n) is 2.70. The number of rotatable bonds is 5. The molecule has 26 heavy (non-hydrogen) atoms. The maximum Gasteiger partial charge on any atom is 0.248 e. The predicted octanol–water partition coefficient (Wildman–Crippen LogP) is 1.41. The second-order valence-electron chi connectivity index (χ2n) is 6.14. The van der Waals surface area contributed by atoms with Crippen LogP contribution in [0, 0.1) is 6.92 Å². The van der Waals surface area contributed by atoms with Crippen molar-refractivity contribution in [1.82, 2.24) is 14.1 Å². The van der Waals surface area contributed by atoms with Crippen LogP contribution in [0.3, 0.4) is 0 Å². The molecule has 1 aromatic heterocycles. The van der Waals surface area contributed by atoms with Crippen molar-refractivity contribution in [2.24, 2.45) is 0 Å². The maximum atomic E-state index is 12.8. The molecule has 1 atom stereocenters. The van der Waals surface area contributed by atoms with Crippen LogP contribution >= 0.6 is 0 Å². The number of sulfonamides is 1. The van der Waals surface area contributed by atoms with Gasteiger partial charge in [-0.3, -0.25) is 9.48 Å². The zero-order valence-electron chi connectivity index (χ0n) is 14.8. The lowest BCUT2D eigenvalue weighted by atomic mass is 10.2. The molecular weight excluding hydrogens is 356 g/mol. The molecule has 140 valence electrons. The number of anilines is 1. The topological polar surface area (TPSA) is 93.5 Å². The molecule has 1 amide bonds. The number of aromatic nitrogens is 2. The minimum Gasteiger partial charge on any atom is -0.379 e. The molecule has 1 N–H and O–H groups in total. The molecule has 0 saturated carbocycles. The second-order valence-corrected chi connectivity index (χ2v) is 8.08. The van der Waals surface area contributed by atoms with Gasteiger partial charge >= 0.3 is 0 Å². The third-order valence-corrected chi connectivity index (χ3v) is 6.27. The Morgan fingerprint density at radius 3 is 2.69 bits per heavy atom. The minimum absolute atomic E-state index is 0.159. The summed E-state index contributed by atoms with van der Waals surface area (Å²) >= 11 is 0. The van der Waals surface area contributed by atoms with Crippen molar-refractivity contribution in [3.63, 3.8) is 0 Å². The van der Waals surface area contributed by atoms with Gasteiger partial charge in [0.25, 0.3) is 0 Å². The third-order valence-electron chi connectivity index (χ3n) is 4.38. The van der Waals surface area contributed by atoms with Gasteiger partial charge in [-0.15, -0.1) is 0 Å². The average molecular weight is 378 g/mol. The molecule has 1 unspecified atom stereocenters. The highest BCUT2D eigenvalue weighted by molar-refractivity contribution is 7.89. The van der Waals surface area contributed by atoms with Crippen LogP contribution in [-0.2, 0) is 19.6 Å². The first-order valence-corrected chi connectivity index (χ1v) is 9.82. The number of nitrogens with one attached hydrogen (secondary N) is 1. The molecule has 8 nitrogen and oxygen atoms in total. The molecule has 2 aromatic rings. The molecule has 2 heterocycles. The number of carbonyl (C=O) groups excluding carboxylic acids is 1. The largest absolute Gasteiger partial charge is 0.379 e. The van der Waals surface area contributed by atoms with Crippen molar-refractivity contribution < 1.29 is 17.9 Å². The highest BCUT2D eigenvalue weighted by atomic mass is 32.2. The number of carbonyl (C=O) groups is 1. The Morgan fingerprint density at radius 2 is 2.04 bits per heavy atom. The van der Waals surface area contributed by atoms with E-state index >= 15 is 0 Å². The van der Waals surface area contributed by atoms with Crippen molar-refractivity contribution in [1.29, 1.82) is 0 Å². The highest BCUT2D eigenvalue weighted by Crippen LogP contribution is 2.24. The molecule has 0 radical (unpaired) electrons. The lowest BCUT2D eigenvalue weighted by Gasteiger charge is -2.26. The Bertz CT molecular complexity index is 874. The molecule has 1 aromatic carbocycles. The lowest BCUT2D eigenvalue weighted by Crippen LogP contribution is -2.40. The molecular formula is C17H22N4O4S. The smallest absolute Gasteiger partial charge is 0.248 e. The van der Waals surface area contributed by atoms with Crippen LogP contribution in [0.15, 0.2) is 41.6 Å². The zero-order chi connectivity index (χ0) is 18.7. The van der Waals surface area contributed by atoms with Crippen LogP contribution in [0.4, 0.5) is 5.69 Å². The van der Waals surface area contributed by atoms with Crippen molar-refractivity contribution in [3.05, 3.63) is 42.2 Å². The molecule has 0 aliphatic carbocycles. The number of amides is 1. The number of hydrogen-bond acceptors (Lipinski definition) is 5. The van der Waals surface area contributed by atoms with Gasteiger partial charge in [-0.25, -0.2) is 8.42 Å². The van der Waals surface area contributed by atoms with Crippen LogP contribution in [0.5, 0.6) is 0 Å². The van der Waals surface area contributed by atoms with E-state index in [0.717, 1.165) is 5.56 Å². The van der Waals surface area contributed by atoms with E-state index in [1.807, 2.05) is 6.92 Å². The van der Waals surface area contributed by atoms with Gasteiger partial charge in [-0.2, -0.15) is 9.40 Å². The fraction of sp³-hybridized carbons (Fsp3) is 0.412. The van der Waals surface area contributed by atoms with Gasteiger partial charge in [-0.05, 0) is 37.6 Å². The monoisotopic (exact) mass is 378 g/mol. The number of ether oxygens (including phenoxy) is 1. The van der Waals surface area contributed by atoms with E-state index in [4.69, 9.17) is 4.74 Å². The Labute approximate surface area is 152 Å². The van der Waals surface area contributed by atoms with Gasteiger partial charge < -0.3 is 10.1 Å². The normalized spacial score (nSPS) is 17.0. The lowest BCUT2D eigenvalue weighted by molar-refractivity contribution is -0.119. The van der Waals surface area contributed by atoms with Crippen molar-refractivity contribution in [2.45, 2.75) is 24.8 Å². The number of benzene rings is 1. The summed E-state index contributed by atoms with van der Waals surface area (Å²) in [6.07, 6.45) is 3.31. The summed E-state index contributed by atoms with van der Waals surface area (Å²) in [7, 11) is -3.62. The number of nitrogens with zero attached hydrogens (tertiary/aromatic N) is 3. The molecule has 1 saturated heterocycles. The summed E-state index contributed by atoms with van der Waals surface area (Å²) in [5.74, 6) is -0.266. The van der Waals surface area contributed by atoms with Crippen LogP contribution in [0.2, 0.25) is 0 Å². The third kappa shape index (κ3) is 3.79. The van der Waals surface area contributed by atoms with Crippen molar-refractivity contribution in [3.8, 4) is 0 Å². The summed E-state index contributed by atoms with van der Waals surface area (Å²) in [5.41, 5.74) is 1.26. The van der Waals surface area contributed by atoms with Gasteiger partial charge in [-0.1, -0.05) is 6.07 Å². The SMILES string of the molecule is Cc1ccc(S(=O)(=O)N2CCOCC2)cc1NC(=O)C(C)n1cccn1. The molecule has 0 spiro atoms. The van der Waals surface area contributed by atoms with Crippen molar-refractivity contribution in [2.75, 3.05) is 31.6 Å². The van der Waals surface area contributed by atoms with Crippen LogP contribution in [0.1, 0.15) is 18.5 Å². The Kier molecular flexibility index (Phi) is 5.40. The van der Waals surface area contributed by atoms with Crippen LogP contribution in [-0.4, -0.2) is 54.7 Å². The standard InChI is InChI=1S/C17H22N4O4S/c1-13-4-5-15(26(23,24)20-8-10-25-11-9-20)12-16(13)19-17(22)14(2)21-7-3-6-18-21/h3-7,12,14H,8-11H2,1-2H3,(H,19,22). The maximum absolute atomic E-state index is 12.8. The van der Waals surface area contributed by atoms with E-state index < -0.39 is 16.1 Å². The zero-order valence-corrected chi connectivity index (χ0v) is 15.6. The Morgan fingerprint density at radius 1 is 1.31 bits per heavy atom. The van der Waals surface area contributed by atoms with Crippen LogP contribution < -0.4 is 5.32 Å². The van der Waals surface area contributed by atoms with Gasteiger partial charge in [0, 0.05) is 31.2 Å². The van der Waals surface area contributed by atoms with Gasteiger partial charge in [0.2, 0.25) is 15.9 Å². The van der Waals surface area contributed by atoms with E-state index in [2.05, 4.69) is 10.4 Å². The predicted molar refractivity (Wildman–Crippen MR) is 96.3 cm³/mol. The Hall–Kier alpha value is -2.23. The van der Waals surface area contributed by atoms with E-state index in [1.165, 1.54) is 10.4 Å². The highest BCUT2D eigenvalue weighted by Gasteiger charge is 2.27. The van der Waals surface area contributed by atoms with Gasteiger partial charge in [0.05, 0.1) is 18.1 Å². The second kappa shape index (κ2) is 7.56. The first-order valence-electron chi connectivity index (χ1n) is 8.38. The molecule has 1 fully saturated rings. The molecule has 0 bridgehead atoms. The summed E-state index contributed by atoms with van der Waals surface area (Å²) in [6.45, 7) is 4.97. The number of morpholine rings is 1. The van der Waals surface area contributed by atoms with Crippen molar-refractivity contribution >= 4 is 21.6 Å². The van der Waals surface area contributed by atoms with E-state index in [1.54, 1.807) is 42.2 Å². The summed E-state index contributed by atoms with van der Waals surface area (Å²) < 4.78 is 33.8. The fourth-order valence-corrected chi connectivity index (χ4v) is 4.13.